The molecule has 2 heterocycles. The molecule has 0 saturated carbocycles. The van der Waals surface area contributed by atoms with Gasteiger partial charge in [0, 0.05) is 38.6 Å². The Hall–Kier alpha value is -0.610. The second-order valence-corrected chi connectivity index (χ2v) is 6.78. The maximum absolute atomic E-state index is 12.4. The lowest BCUT2D eigenvalue weighted by Gasteiger charge is -2.34. The lowest BCUT2D eigenvalue weighted by Crippen LogP contribution is -2.44. The number of hydrogen-bond donors (Lipinski definition) is 0. The fourth-order valence-electron chi connectivity index (χ4n) is 3.67. The van der Waals surface area contributed by atoms with Gasteiger partial charge < -0.3 is 9.64 Å². The van der Waals surface area contributed by atoms with Crippen LogP contribution in [0.2, 0.25) is 0 Å². The summed E-state index contributed by atoms with van der Waals surface area (Å²) in [4.78, 5) is 17.1. The molecule has 0 bridgehead atoms. The molecule has 4 heteroatoms. The van der Waals surface area contributed by atoms with Crippen molar-refractivity contribution in [2.45, 2.75) is 70.8 Å². The van der Waals surface area contributed by atoms with Gasteiger partial charge in [-0.2, -0.15) is 0 Å². The second kappa shape index (κ2) is 10.2. The summed E-state index contributed by atoms with van der Waals surface area (Å²) >= 11 is 0. The monoisotopic (exact) mass is 310 g/mol. The number of carbonyl (C=O) groups is 1. The molecule has 0 radical (unpaired) electrons. The van der Waals surface area contributed by atoms with Gasteiger partial charge >= 0.3 is 0 Å². The third-order valence-corrected chi connectivity index (χ3v) is 5.11. The summed E-state index contributed by atoms with van der Waals surface area (Å²) in [7, 11) is 0. The van der Waals surface area contributed by atoms with E-state index in [2.05, 4.69) is 16.7 Å². The highest BCUT2D eigenvalue weighted by Crippen LogP contribution is 2.19. The molecule has 4 nitrogen and oxygen atoms in total. The smallest absolute Gasteiger partial charge is 0.222 e. The SMILES string of the molecule is CCCCCCCC(=O)N1CCC[C@@H](N2CCOCC2)CC1. The predicted octanol–water partition coefficient (Wildman–Crippen LogP) is 3.06. The van der Waals surface area contributed by atoms with Gasteiger partial charge in [0.25, 0.3) is 0 Å². The van der Waals surface area contributed by atoms with Crippen molar-refractivity contribution in [1.29, 1.82) is 0 Å². The molecule has 0 aromatic carbocycles. The zero-order valence-electron chi connectivity index (χ0n) is 14.4. The van der Waals surface area contributed by atoms with Crippen LogP contribution in [0.15, 0.2) is 0 Å². The zero-order chi connectivity index (χ0) is 15.6. The van der Waals surface area contributed by atoms with Gasteiger partial charge in [-0.1, -0.05) is 32.6 Å². The number of carbonyl (C=O) groups excluding carboxylic acids is 1. The van der Waals surface area contributed by atoms with Gasteiger partial charge in [-0.05, 0) is 25.7 Å². The highest BCUT2D eigenvalue weighted by molar-refractivity contribution is 5.76. The maximum atomic E-state index is 12.4. The van der Waals surface area contributed by atoms with Crippen molar-refractivity contribution in [3.05, 3.63) is 0 Å². The molecule has 2 fully saturated rings. The van der Waals surface area contributed by atoms with Crippen LogP contribution >= 0.6 is 0 Å². The van der Waals surface area contributed by atoms with Crippen molar-refractivity contribution in [1.82, 2.24) is 9.80 Å². The average molecular weight is 310 g/mol. The van der Waals surface area contributed by atoms with Crippen LogP contribution in [0.3, 0.4) is 0 Å². The Bertz CT molecular complexity index is 316. The van der Waals surface area contributed by atoms with Crippen LogP contribution in [0.1, 0.15) is 64.7 Å². The molecule has 2 aliphatic rings. The fourth-order valence-corrected chi connectivity index (χ4v) is 3.67. The number of nitrogens with zero attached hydrogens (tertiary/aromatic N) is 2. The maximum Gasteiger partial charge on any atom is 0.222 e. The first kappa shape index (κ1) is 17.7. The van der Waals surface area contributed by atoms with Crippen molar-refractivity contribution in [3.63, 3.8) is 0 Å². The van der Waals surface area contributed by atoms with Crippen molar-refractivity contribution in [3.8, 4) is 0 Å². The number of hydrogen-bond acceptors (Lipinski definition) is 3. The number of amides is 1. The third kappa shape index (κ3) is 5.88. The van der Waals surface area contributed by atoms with Crippen molar-refractivity contribution >= 4 is 5.91 Å². The van der Waals surface area contributed by atoms with Gasteiger partial charge in [-0.3, -0.25) is 9.69 Å². The van der Waals surface area contributed by atoms with E-state index in [1.54, 1.807) is 0 Å². The number of ether oxygens (including phenoxy) is 1. The molecule has 22 heavy (non-hydrogen) atoms. The van der Waals surface area contributed by atoms with E-state index in [-0.39, 0.29) is 0 Å². The van der Waals surface area contributed by atoms with Crippen LogP contribution in [0.5, 0.6) is 0 Å². The fraction of sp³-hybridized carbons (Fsp3) is 0.944. The summed E-state index contributed by atoms with van der Waals surface area (Å²) < 4.78 is 5.45. The first-order valence-electron chi connectivity index (χ1n) is 9.41. The Labute approximate surface area is 136 Å². The van der Waals surface area contributed by atoms with E-state index in [4.69, 9.17) is 4.74 Å². The van der Waals surface area contributed by atoms with E-state index in [1.165, 1.54) is 32.1 Å². The Balaban J connectivity index is 1.66. The second-order valence-electron chi connectivity index (χ2n) is 6.78. The topological polar surface area (TPSA) is 32.8 Å². The van der Waals surface area contributed by atoms with Crippen LogP contribution in [-0.4, -0.2) is 61.1 Å². The average Bonchev–Trinajstić information content (AvgIpc) is 2.81. The first-order valence-corrected chi connectivity index (χ1v) is 9.41. The number of likely N-dealkylation sites (tertiary alicyclic amines) is 1. The van der Waals surface area contributed by atoms with Gasteiger partial charge in [0.1, 0.15) is 0 Å². The van der Waals surface area contributed by atoms with Crippen molar-refractivity contribution < 1.29 is 9.53 Å². The summed E-state index contributed by atoms with van der Waals surface area (Å²) in [5, 5.41) is 0. The van der Waals surface area contributed by atoms with Crippen LogP contribution in [0, 0.1) is 0 Å². The zero-order valence-corrected chi connectivity index (χ0v) is 14.4. The van der Waals surface area contributed by atoms with Crippen LogP contribution in [0.4, 0.5) is 0 Å². The van der Waals surface area contributed by atoms with Crippen LogP contribution in [0.25, 0.3) is 0 Å². The van der Waals surface area contributed by atoms with Gasteiger partial charge in [0.2, 0.25) is 5.91 Å². The van der Waals surface area contributed by atoms with E-state index in [9.17, 15) is 4.79 Å². The Morgan fingerprint density at radius 3 is 2.55 bits per heavy atom. The summed E-state index contributed by atoms with van der Waals surface area (Å²) in [6.45, 7) is 8.03. The minimum Gasteiger partial charge on any atom is -0.379 e. The molecule has 0 spiro atoms. The van der Waals surface area contributed by atoms with E-state index in [1.807, 2.05) is 0 Å². The third-order valence-electron chi connectivity index (χ3n) is 5.11. The molecule has 0 N–H and O–H groups in total. The Kier molecular flexibility index (Phi) is 8.24. The van der Waals surface area contributed by atoms with E-state index in [0.29, 0.717) is 11.9 Å². The Morgan fingerprint density at radius 1 is 1.00 bits per heavy atom. The number of morpholine rings is 1. The lowest BCUT2D eigenvalue weighted by atomic mass is 10.1. The summed E-state index contributed by atoms with van der Waals surface area (Å²) in [6, 6.07) is 0.659. The highest BCUT2D eigenvalue weighted by atomic mass is 16.5. The predicted molar refractivity (Wildman–Crippen MR) is 90.0 cm³/mol. The molecule has 0 unspecified atom stereocenters. The number of rotatable bonds is 7. The van der Waals surface area contributed by atoms with Gasteiger partial charge in [-0.25, -0.2) is 0 Å². The molecule has 0 aromatic rings. The van der Waals surface area contributed by atoms with E-state index < -0.39 is 0 Å². The summed E-state index contributed by atoms with van der Waals surface area (Å²) in [5.74, 6) is 0.388. The Morgan fingerprint density at radius 2 is 1.77 bits per heavy atom. The van der Waals surface area contributed by atoms with E-state index >= 15 is 0 Å². The largest absolute Gasteiger partial charge is 0.379 e. The number of unbranched alkanes of at least 4 members (excludes halogenated alkanes) is 4. The normalized spacial score (nSPS) is 24.2. The van der Waals surface area contributed by atoms with Crippen LogP contribution < -0.4 is 0 Å². The summed E-state index contributed by atoms with van der Waals surface area (Å²) in [5.41, 5.74) is 0. The molecule has 2 aliphatic heterocycles. The van der Waals surface area contributed by atoms with Crippen molar-refractivity contribution in [2.24, 2.45) is 0 Å². The standard InChI is InChI=1S/C18H34N2O2/c1-2-3-4-5-6-9-18(21)20-11-7-8-17(10-12-20)19-13-15-22-16-14-19/h17H,2-16H2,1H3/t17-/m1/s1. The summed E-state index contributed by atoms with van der Waals surface area (Å²) in [6.07, 6.45) is 10.4. The minimum atomic E-state index is 0.388. The molecule has 0 aromatic heterocycles. The van der Waals surface area contributed by atoms with Crippen LogP contribution in [-0.2, 0) is 9.53 Å². The molecule has 0 aliphatic carbocycles. The first-order chi connectivity index (χ1) is 10.8. The van der Waals surface area contributed by atoms with Gasteiger partial charge in [0.05, 0.1) is 13.2 Å². The van der Waals surface area contributed by atoms with Crippen molar-refractivity contribution in [2.75, 3.05) is 39.4 Å². The molecule has 2 saturated heterocycles. The van der Waals surface area contributed by atoms with E-state index in [0.717, 1.165) is 65.1 Å². The van der Waals surface area contributed by atoms with Gasteiger partial charge in [-0.15, -0.1) is 0 Å². The molecule has 2 rings (SSSR count). The molecule has 1 amide bonds. The minimum absolute atomic E-state index is 0.388. The molecular weight excluding hydrogens is 276 g/mol. The quantitative estimate of drug-likeness (QED) is 0.678. The molecule has 1 atom stereocenters. The lowest BCUT2D eigenvalue weighted by molar-refractivity contribution is -0.131. The molecule has 128 valence electrons. The van der Waals surface area contributed by atoms with Gasteiger partial charge in [0.15, 0.2) is 0 Å². The molecular formula is C18H34N2O2. The highest BCUT2D eigenvalue weighted by Gasteiger charge is 2.25.